The number of nitrogens with zero attached hydrogens (tertiary/aromatic N) is 3. The van der Waals surface area contributed by atoms with Gasteiger partial charge in [-0.15, -0.1) is 0 Å². The number of benzene rings is 4. The SMILES string of the molecule is O=C(NCCOCCOCCNc1nc(Nc2ccc(O)cc2)nc(Nc2ccc(C(=O)NCc3ccc(F)cc3)cc2)n1)c1ccccc1. The number of halogens is 1. The summed E-state index contributed by atoms with van der Waals surface area (Å²) in [6, 6.07) is 28.2. The van der Waals surface area contributed by atoms with Crippen molar-refractivity contribution in [2.75, 3.05) is 55.5 Å². The zero-order valence-corrected chi connectivity index (χ0v) is 27.1. The average molecular weight is 681 g/mol. The fourth-order valence-corrected chi connectivity index (χ4v) is 4.45. The third kappa shape index (κ3) is 11.5. The predicted molar refractivity (Wildman–Crippen MR) is 187 cm³/mol. The Kier molecular flexibility index (Phi) is 13.0. The predicted octanol–water partition coefficient (Wildman–Crippen LogP) is 5.01. The van der Waals surface area contributed by atoms with Crippen molar-refractivity contribution in [2.24, 2.45) is 0 Å². The van der Waals surface area contributed by atoms with Crippen molar-refractivity contribution in [1.29, 1.82) is 0 Å². The molecule has 0 aliphatic rings. The van der Waals surface area contributed by atoms with Crippen LogP contribution in [-0.4, -0.2) is 71.4 Å². The van der Waals surface area contributed by atoms with Crippen molar-refractivity contribution in [3.8, 4) is 5.75 Å². The van der Waals surface area contributed by atoms with Crippen LogP contribution in [-0.2, 0) is 16.0 Å². The van der Waals surface area contributed by atoms with Crippen molar-refractivity contribution in [1.82, 2.24) is 25.6 Å². The lowest BCUT2D eigenvalue weighted by atomic mass is 10.1. The molecule has 0 radical (unpaired) electrons. The van der Waals surface area contributed by atoms with E-state index >= 15 is 0 Å². The number of ether oxygens (including phenoxy) is 2. The van der Waals surface area contributed by atoms with Gasteiger partial charge in [-0.3, -0.25) is 9.59 Å². The first kappa shape index (κ1) is 35.2. The van der Waals surface area contributed by atoms with Crippen LogP contribution >= 0.6 is 0 Å². The Labute approximate surface area is 288 Å². The van der Waals surface area contributed by atoms with Crippen LogP contribution in [0.3, 0.4) is 0 Å². The zero-order chi connectivity index (χ0) is 35.0. The number of aromatic nitrogens is 3. The van der Waals surface area contributed by atoms with Gasteiger partial charge in [-0.05, 0) is 78.4 Å². The number of rotatable bonds is 18. The van der Waals surface area contributed by atoms with E-state index < -0.39 is 0 Å². The number of carbonyl (C=O) groups excluding carboxylic acids is 2. The first-order valence-electron chi connectivity index (χ1n) is 15.9. The number of aromatic hydroxyl groups is 1. The molecular weight excluding hydrogens is 643 g/mol. The standard InChI is InChI=1S/C36H37FN8O5/c37-28-10-6-25(7-11-28)24-40-33(48)27-8-12-29(13-9-27)41-35-43-34(44-36(45-35)42-30-14-16-31(46)17-15-30)39-19-21-50-23-22-49-20-18-38-32(47)26-4-2-1-3-5-26/h1-17,46H,18-24H2,(H,38,47)(H,40,48)(H3,39,41,42,43,44,45). The van der Waals surface area contributed by atoms with Gasteiger partial charge in [0.25, 0.3) is 11.8 Å². The van der Waals surface area contributed by atoms with E-state index in [0.717, 1.165) is 5.56 Å². The Balaban J connectivity index is 1.09. The molecule has 1 aromatic heterocycles. The smallest absolute Gasteiger partial charge is 0.251 e. The van der Waals surface area contributed by atoms with Gasteiger partial charge in [0.15, 0.2) is 0 Å². The third-order valence-corrected chi connectivity index (χ3v) is 7.00. The van der Waals surface area contributed by atoms with Gasteiger partial charge in [-0.25, -0.2) is 4.39 Å². The number of hydrogen-bond acceptors (Lipinski definition) is 11. The average Bonchev–Trinajstić information content (AvgIpc) is 3.13. The van der Waals surface area contributed by atoms with E-state index in [4.69, 9.17) is 9.47 Å². The molecule has 0 saturated heterocycles. The first-order chi connectivity index (χ1) is 24.4. The summed E-state index contributed by atoms with van der Waals surface area (Å²) in [6.45, 7) is 2.52. The Morgan fingerprint density at radius 2 is 1.14 bits per heavy atom. The second kappa shape index (κ2) is 18.4. The Bertz CT molecular complexity index is 1810. The molecule has 50 heavy (non-hydrogen) atoms. The summed E-state index contributed by atoms with van der Waals surface area (Å²) in [6.07, 6.45) is 0. The van der Waals surface area contributed by atoms with Crippen LogP contribution in [0.25, 0.3) is 0 Å². The summed E-state index contributed by atoms with van der Waals surface area (Å²) >= 11 is 0. The molecule has 0 fully saturated rings. The van der Waals surface area contributed by atoms with Crippen LogP contribution in [0.15, 0.2) is 103 Å². The van der Waals surface area contributed by atoms with Gasteiger partial charge >= 0.3 is 0 Å². The Hall–Kier alpha value is -6.12. The van der Waals surface area contributed by atoms with Crippen molar-refractivity contribution >= 4 is 41.0 Å². The van der Waals surface area contributed by atoms with Crippen molar-refractivity contribution < 1.29 is 28.6 Å². The quantitative estimate of drug-likeness (QED) is 0.0543. The second-order valence-corrected chi connectivity index (χ2v) is 10.8. The highest BCUT2D eigenvalue weighted by Gasteiger charge is 2.10. The molecular formula is C36H37FN8O5. The lowest BCUT2D eigenvalue weighted by molar-refractivity contribution is 0.0519. The summed E-state index contributed by atoms with van der Waals surface area (Å²) < 4.78 is 24.3. The van der Waals surface area contributed by atoms with Crippen molar-refractivity contribution in [3.63, 3.8) is 0 Å². The molecule has 6 N–H and O–H groups in total. The highest BCUT2D eigenvalue weighted by Crippen LogP contribution is 2.21. The molecule has 2 amide bonds. The summed E-state index contributed by atoms with van der Waals surface area (Å²) in [7, 11) is 0. The highest BCUT2D eigenvalue weighted by atomic mass is 19.1. The minimum absolute atomic E-state index is 0.128. The number of hydrogen-bond donors (Lipinski definition) is 6. The van der Waals surface area contributed by atoms with Gasteiger partial charge < -0.3 is 41.2 Å². The number of phenolic OH excluding ortho intramolecular Hbond substituents is 1. The molecule has 0 aliphatic carbocycles. The van der Waals surface area contributed by atoms with Crippen LogP contribution < -0.4 is 26.6 Å². The van der Waals surface area contributed by atoms with E-state index in [1.165, 1.54) is 12.1 Å². The maximum absolute atomic E-state index is 13.1. The summed E-state index contributed by atoms with van der Waals surface area (Å²) in [5, 5.41) is 24.6. The lowest BCUT2D eigenvalue weighted by Crippen LogP contribution is -2.27. The maximum atomic E-state index is 13.1. The van der Waals surface area contributed by atoms with E-state index in [-0.39, 0.29) is 47.8 Å². The molecule has 0 aliphatic heterocycles. The summed E-state index contributed by atoms with van der Waals surface area (Å²) in [5.74, 6) is 0.159. The van der Waals surface area contributed by atoms with Gasteiger partial charge in [-0.2, -0.15) is 15.0 Å². The Morgan fingerprint density at radius 3 is 1.78 bits per heavy atom. The van der Waals surface area contributed by atoms with Crippen molar-refractivity contribution in [2.45, 2.75) is 6.54 Å². The molecule has 1 heterocycles. The molecule has 0 bridgehead atoms. The number of anilines is 5. The van der Waals surface area contributed by atoms with E-state index in [1.54, 1.807) is 72.8 Å². The molecule has 4 aromatic carbocycles. The minimum Gasteiger partial charge on any atom is -0.508 e. The molecule has 5 aromatic rings. The van der Waals surface area contributed by atoms with Crippen LogP contribution in [0.4, 0.5) is 33.6 Å². The van der Waals surface area contributed by atoms with E-state index in [9.17, 15) is 19.1 Å². The third-order valence-electron chi connectivity index (χ3n) is 7.00. The van der Waals surface area contributed by atoms with Gasteiger partial charge in [0, 0.05) is 42.1 Å². The molecule has 0 atom stereocenters. The van der Waals surface area contributed by atoms with E-state index in [0.29, 0.717) is 62.0 Å². The Morgan fingerprint density at radius 1 is 0.600 bits per heavy atom. The molecule has 5 rings (SSSR count). The topological polar surface area (TPSA) is 172 Å². The van der Waals surface area contributed by atoms with Gasteiger partial charge in [0.1, 0.15) is 11.6 Å². The molecule has 0 spiro atoms. The van der Waals surface area contributed by atoms with Gasteiger partial charge in [0.2, 0.25) is 17.8 Å². The zero-order valence-electron chi connectivity index (χ0n) is 27.1. The summed E-state index contributed by atoms with van der Waals surface area (Å²) in [5.41, 5.74) is 3.13. The highest BCUT2D eigenvalue weighted by molar-refractivity contribution is 5.94. The fraction of sp³-hybridized carbons (Fsp3) is 0.194. The molecule has 258 valence electrons. The lowest BCUT2D eigenvalue weighted by Gasteiger charge is -2.12. The van der Waals surface area contributed by atoms with Crippen LogP contribution in [0, 0.1) is 5.82 Å². The van der Waals surface area contributed by atoms with Crippen LogP contribution in [0.5, 0.6) is 5.75 Å². The number of carbonyl (C=O) groups is 2. The van der Waals surface area contributed by atoms with Crippen molar-refractivity contribution in [3.05, 3.63) is 126 Å². The largest absolute Gasteiger partial charge is 0.508 e. The fourth-order valence-electron chi connectivity index (χ4n) is 4.45. The molecule has 0 saturated carbocycles. The molecule has 13 nitrogen and oxygen atoms in total. The minimum atomic E-state index is -0.334. The van der Waals surface area contributed by atoms with E-state index in [2.05, 4.69) is 41.5 Å². The van der Waals surface area contributed by atoms with Gasteiger partial charge in [-0.1, -0.05) is 30.3 Å². The number of nitrogens with one attached hydrogen (secondary N) is 5. The second-order valence-electron chi connectivity index (χ2n) is 10.8. The number of phenols is 1. The number of amides is 2. The van der Waals surface area contributed by atoms with Crippen LogP contribution in [0.2, 0.25) is 0 Å². The van der Waals surface area contributed by atoms with E-state index in [1.807, 2.05) is 18.2 Å². The summed E-state index contributed by atoms with van der Waals surface area (Å²) in [4.78, 5) is 38.1. The monoisotopic (exact) mass is 680 g/mol. The molecule has 0 unspecified atom stereocenters. The molecule has 14 heteroatoms. The van der Waals surface area contributed by atoms with Crippen LogP contribution in [0.1, 0.15) is 26.3 Å². The van der Waals surface area contributed by atoms with Gasteiger partial charge in [0.05, 0.1) is 26.4 Å². The normalized spacial score (nSPS) is 10.7. The maximum Gasteiger partial charge on any atom is 0.251 e. The first-order valence-corrected chi connectivity index (χ1v) is 15.9.